The van der Waals surface area contributed by atoms with Gasteiger partial charge in [-0.25, -0.2) is 4.98 Å². The smallest absolute Gasteiger partial charge is 0.212 e. The van der Waals surface area contributed by atoms with Crippen LogP contribution in [-0.2, 0) is 18.3 Å². The van der Waals surface area contributed by atoms with Crippen LogP contribution in [0.2, 0.25) is 0 Å². The maximum absolute atomic E-state index is 5.22. The predicted octanol–water partition coefficient (Wildman–Crippen LogP) is 5.22. The minimum absolute atomic E-state index is 0.0243. The lowest BCUT2D eigenvalue weighted by Gasteiger charge is -2.30. The van der Waals surface area contributed by atoms with Crippen LogP contribution in [0.1, 0.15) is 30.0 Å². The van der Waals surface area contributed by atoms with Crippen LogP contribution in [0.25, 0.3) is 0 Å². The zero-order chi connectivity index (χ0) is 17.5. The van der Waals surface area contributed by atoms with Crippen LogP contribution in [0.3, 0.4) is 0 Å². The molecule has 25 heavy (non-hydrogen) atoms. The number of methoxy groups -OCH3 is 1. The Labute approximate surface area is 150 Å². The van der Waals surface area contributed by atoms with Crippen molar-refractivity contribution in [3.8, 4) is 5.88 Å². The van der Waals surface area contributed by atoms with Crippen molar-refractivity contribution < 1.29 is 4.74 Å². The van der Waals surface area contributed by atoms with E-state index in [4.69, 9.17) is 4.74 Å². The van der Waals surface area contributed by atoms with Crippen LogP contribution in [0.4, 0.5) is 0 Å². The average Bonchev–Trinajstić information content (AvgIpc) is 2.68. The predicted molar refractivity (Wildman–Crippen MR) is 103 cm³/mol. The molecule has 2 heteroatoms. The number of hydrogen-bond donors (Lipinski definition) is 0. The number of benzene rings is 2. The van der Waals surface area contributed by atoms with E-state index < -0.39 is 0 Å². The first-order valence-electron chi connectivity index (χ1n) is 8.78. The van der Waals surface area contributed by atoms with Crippen LogP contribution in [0.15, 0.2) is 79.0 Å². The molecule has 0 aliphatic carbocycles. The van der Waals surface area contributed by atoms with E-state index >= 15 is 0 Å². The summed E-state index contributed by atoms with van der Waals surface area (Å²) in [5, 5.41) is 0. The van der Waals surface area contributed by atoms with Gasteiger partial charge in [0, 0.05) is 12.3 Å². The van der Waals surface area contributed by atoms with Gasteiger partial charge in [-0.3, -0.25) is 0 Å². The van der Waals surface area contributed by atoms with E-state index in [0.29, 0.717) is 5.88 Å². The SMILES string of the molecule is COc1ccc(C(C)(CCc2ccccc2)Cc2ccccc2)cn1. The first kappa shape index (κ1) is 17.2. The first-order chi connectivity index (χ1) is 12.2. The molecular formula is C23H25NO. The molecule has 0 saturated heterocycles. The van der Waals surface area contributed by atoms with Crippen LogP contribution in [0, 0.1) is 0 Å². The van der Waals surface area contributed by atoms with Gasteiger partial charge in [-0.1, -0.05) is 73.7 Å². The van der Waals surface area contributed by atoms with Gasteiger partial charge in [0.1, 0.15) is 0 Å². The fourth-order valence-electron chi connectivity index (χ4n) is 3.30. The number of rotatable bonds is 7. The summed E-state index contributed by atoms with van der Waals surface area (Å²) in [7, 11) is 1.65. The zero-order valence-electron chi connectivity index (χ0n) is 15.0. The molecule has 0 radical (unpaired) electrons. The third kappa shape index (κ3) is 4.48. The Balaban J connectivity index is 1.86. The fraction of sp³-hybridized carbons (Fsp3) is 0.261. The Morgan fingerprint density at radius 1 is 0.840 bits per heavy atom. The molecule has 3 rings (SSSR count). The molecule has 0 fully saturated rings. The van der Waals surface area contributed by atoms with Crippen molar-refractivity contribution in [2.75, 3.05) is 7.11 Å². The van der Waals surface area contributed by atoms with E-state index in [9.17, 15) is 0 Å². The summed E-state index contributed by atoms with van der Waals surface area (Å²) in [5.74, 6) is 0.661. The van der Waals surface area contributed by atoms with E-state index in [1.807, 2.05) is 12.3 Å². The molecule has 128 valence electrons. The van der Waals surface area contributed by atoms with Gasteiger partial charge in [0.05, 0.1) is 7.11 Å². The van der Waals surface area contributed by atoms with Crippen LogP contribution in [-0.4, -0.2) is 12.1 Å². The lowest BCUT2D eigenvalue weighted by atomic mass is 9.74. The molecule has 1 aromatic heterocycles. The molecule has 0 aliphatic heterocycles. The summed E-state index contributed by atoms with van der Waals surface area (Å²) in [6, 6.07) is 25.5. The lowest BCUT2D eigenvalue weighted by molar-refractivity contribution is 0.393. The monoisotopic (exact) mass is 331 g/mol. The number of ether oxygens (including phenoxy) is 1. The summed E-state index contributed by atoms with van der Waals surface area (Å²) in [6.07, 6.45) is 5.08. The molecule has 1 unspecified atom stereocenters. The van der Waals surface area contributed by atoms with Crippen molar-refractivity contribution in [2.24, 2.45) is 0 Å². The topological polar surface area (TPSA) is 22.1 Å². The minimum atomic E-state index is 0.0243. The molecule has 2 aromatic carbocycles. The summed E-state index contributed by atoms with van der Waals surface area (Å²) in [6.45, 7) is 2.34. The molecule has 2 nitrogen and oxygen atoms in total. The maximum atomic E-state index is 5.22. The molecule has 1 heterocycles. The highest BCUT2D eigenvalue weighted by Crippen LogP contribution is 2.33. The van der Waals surface area contributed by atoms with Crippen LogP contribution in [0.5, 0.6) is 5.88 Å². The van der Waals surface area contributed by atoms with E-state index in [0.717, 1.165) is 19.3 Å². The number of hydrogen-bond acceptors (Lipinski definition) is 2. The second kappa shape index (κ2) is 7.98. The number of nitrogens with zero attached hydrogens (tertiary/aromatic N) is 1. The molecule has 3 aromatic rings. The Morgan fingerprint density at radius 3 is 2.04 bits per heavy atom. The second-order valence-corrected chi connectivity index (χ2v) is 6.80. The van der Waals surface area contributed by atoms with Gasteiger partial charge < -0.3 is 4.74 Å². The molecule has 0 amide bonds. The summed E-state index contributed by atoms with van der Waals surface area (Å²) in [5.41, 5.74) is 4.02. The third-order valence-corrected chi connectivity index (χ3v) is 4.89. The van der Waals surface area contributed by atoms with Gasteiger partial charge in [-0.2, -0.15) is 0 Å². The first-order valence-corrected chi connectivity index (χ1v) is 8.78. The fourth-order valence-corrected chi connectivity index (χ4v) is 3.30. The molecule has 0 aliphatic rings. The normalized spacial score (nSPS) is 13.2. The Morgan fingerprint density at radius 2 is 1.48 bits per heavy atom. The number of aromatic nitrogens is 1. The number of pyridine rings is 1. The number of aryl methyl sites for hydroxylation is 1. The minimum Gasteiger partial charge on any atom is -0.481 e. The molecular weight excluding hydrogens is 306 g/mol. The molecule has 0 bridgehead atoms. The Hall–Kier alpha value is -2.61. The van der Waals surface area contributed by atoms with Crippen molar-refractivity contribution in [1.82, 2.24) is 4.98 Å². The van der Waals surface area contributed by atoms with Crippen molar-refractivity contribution >= 4 is 0 Å². The molecule has 0 saturated carbocycles. The quantitative estimate of drug-likeness (QED) is 0.592. The van der Waals surface area contributed by atoms with E-state index in [2.05, 4.69) is 78.6 Å². The van der Waals surface area contributed by atoms with Crippen molar-refractivity contribution in [1.29, 1.82) is 0 Å². The van der Waals surface area contributed by atoms with Gasteiger partial charge in [0.25, 0.3) is 0 Å². The highest BCUT2D eigenvalue weighted by Gasteiger charge is 2.27. The van der Waals surface area contributed by atoms with Gasteiger partial charge in [-0.05, 0) is 41.4 Å². The van der Waals surface area contributed by atoms with Crippen molar-refractivity contribution in [3.63, 3.8) is 0 Å². The molecule has 1 atom stereocenters. The second-order valence-electron chi connectivity index (χ2n) is 6.80. The van der Waals surface area contributed by atoms with E-state index in [1.165, 1.54) is 16.7 Å². The highest BCUT2D eigenvalue weighted by molar-refractivity contribution is 5.30. The third-order valence-electron chi connectivity index (χ3n) is 4.89. The molecule has 0 spiro atoms. The van der Waals surface area contributed by atoms with Crippen molar-refractivity contribution in [2.45, 2.75) is 31.6 Å². The Kier molecular flexibility index (Phi) is 5.49. The highest BCUT2D eigenvalue weighted by atomic mass is 16.5. The van der Waals surface area contributed by atoms with Gasteiger partial charge in [0.15, 0.2) is 0 Å². The van der Waals surface area contributed by atoms with Gasteiger partial charge in [0.2, 0.25) is 5.88 Å². The van der Waals surface area contributed by atoms with Crippen LogP contribution < -0.4 is 4.74 Å². The van der Waals surface area contributed by atoms with Gasteiger partial charge >= 0.3 is 0 Å². The molecule has 0 N–H and O–H groups in total. The van der Waals surface area contributed by atoms with Gasteiger partial charge in [-0.15, -0.1) is 0 Å². The van der Waals surface area contributed by atoms with Crippen molar-refractivity contribution in [3.05, 3.63) is 95.7 Å². The van der Waals surface area contributed by atoms with Crippen LogP contribution >= 0.6 is 0 Å². The summed E-state index contributed by atoms with van der Waals surface area (Å²) < 4.78 is 5.22. The van der Waals surface area contributed by atoms with E-state index in [-0.39, 0.29) is 5.41 Å². The lowest BCUT2D eigenvalue weighted by Crippen LogP contribution is -2.26. The zero-order valence-corrected chi connectivity index (χ0v) is 15.0. The Bertz CT molecular complexity index is 768. The maximum Gasteiger partial charge on any atom is 0.212 e. The largest absolute Gasteiger partial charge is 0.481 e. The average molecular weight is 331 g/mol. The standard InChI is InChI=1S/C23H25NO/c1-23(17-20-11-7-4-8-12-20,16-15-19-9-5-3-6-10-19)21-13-14-22(25-2)24-18-21/h3-14,18H,15-17H2,1-2H3. The van der Waals surface area contributed by atoms with E-state index in [1.54, 1.807) is 7.11 Å². The summed E-state index contributed by atoms with van der Waals surface area (Å²) >= 11 is 0. The summed E-state index contributed by atoms with van der Waals surface area (Å²) in [4.78, 5) is 4.44.